The second-order valence-corrected chi connectivity index (χ2v) is 6.81. The van der Waals surface area contributed by atoms with Gasteiger partial charge in [0, 0.05) is 32.4 Å². The van der Waals surface area contributed by atoms with Crippen LogP contribution in [0, 0.1) is 0 Å². The fraction of sp³-hybridized carbons (Fsp3) is 0.381. The van der Waals surface area contributed by atoms with E-state index in [0.29, 0.717) is 6.54 Å². The van der Waals surface area contributed by atoms with Crippen LogP contribution in [-0.4, -0.2) is 44.0 Å². The molecule has 0 radical (unpaired) electrons. The summed E-state index contributed by atoms with van der Waals surface area (Å²) in [4.78, 5) is 16.9. The minimum absolute atomic E-state index is 0.0678. The van der Waals surface area contributed by atoms with Crippen molar-refractivity contribution in [1.82, 2.24) is 10.2 Å². The lowest BCUT2D eigenvalue weighted by Crippen LogP contribution is -2.48. The van der Waals surface area contributed by atoms with Gasteiger partial charge < -0.3 is 10.2 Å². The van der Waals surface area contributed by atoms with Gasteiger partial charge in [-0.1, -0.05) is 42.5 Å². The van der Waals surface area contributed by atoms with Crippen LogP contribution in [0.3, 0.4) is 0 Å². The van der Waals surface area contributed by atoms with Gasteiger partial charge in [0.1, 0.15) is 0 Å². The van der Waals surface area contributed by atoms with Crippen LogP contribution in [0.1, 0.15) is 17.5 Å². The predicted octanol–water partition coefficient (Wildman–Crippen LogP) is 2.69. The Balaban J connectivity index is 1.45. The molecule has 1 aliphatic heterocycles. The first kappa shape index (κ1) is 17.5. The molecule has 132 valence electrons. The summed E-state index contributed by atoms with van der Waals surface area (Å²) in [5.41, 5.74) is 3.83. The van der Waals surface area contributed by atoms with E-state index in [0.717, 1.165) is 25.9 Å². The van der Waals surface area contributed by atoms with E-state index < -0.39 is 0 Å². The lowest BCUT2D eigenvalue weighted by molar-refractivity contribution is -0.126. The molecule has 3 rings (SSSR count). The molecule has 1 aliphatic rings. The third kappa shape index (κ3) is 4.40. The van der Waals surface area contributed by atoms with Crippen molar-refractivity contribution in [1.29, 1.82) is 0 Å². The van der Waals surface area contributed by atoms with Gasteiger partial charge in [-0.15, -0.1) is 0 Å². The number of anilines is 1. The van der Waals surface area contributed by atoms with Crippen LogP contribution in [0.25, 0.3) is 0 Å². The molecule has 0 aromatic heterocycles. The summed E-state index contributed by atoms with van der Waals surface area (Å²) in [5.74, 6) is 0.138. The maximum atomic E-state index is 12.6. The zero-order chi connectivity index (χ0) is 17.6. The van der Waals surface area contributed by atoms with E-state index in [-0.39, 0.29) is 11.9 Å². The number of benzene rings is 2. The van der Waals surface area contributed by atoms with E-state index in [4.69, 9.17) is 0 Å². The van der Waals surface area contributed by atoms with Crippen molar-refractivity contribution in [2.45, 2.75) is 25.4 Å². The first-order valence-corrected chi connectivity index (χ1v) is 8.96. The lowest BCUT2D eigenvalue weighted by Gasteiger charge is -2.33. The molecule has 2 aromatic rings. The van der Waals surface area contributed by atoms with E-state index in [9.17, 15) is 4.79 Å². The Kier molecular flexibility index (Phi) is 5.71. The first-order chi connectivity index (χ1) is 12.1. The van der Waals surface area contributed by atoms with Gasteiger partial charge in [0.25, 0.3) is 0 Å². The summed E-state index contributed by atoms with van der Waals surface area (Å²) >= 11 is 0. The van der Waals surface area contributed by atoms with Crippen LogP contribution in [0.15, 0.2) is 54.6 Å². The van der Waals surface area contributed by atoms with Gasteiger partial charge in [0.05, 0.1) is 6.04 Å². The predicted molar refractivity (Wildman–Crippen MR) is 103 cm³/mol. The van der Waals surface area contributed by atoms with Gasteiger partial charge in [0.15, 0.2) is 0 Å². The Morgan fingerprint density at radius 2 is 1.80 bits per heavy atom. The fourth-order valence-corrected chi connectivity index (χ4v) is 3.40. The second kappa shape index (κ2) is 8.17. The Labute approximate surface area is 150 Å². The summed E-state index contributed by atoms with van der Waals surface area (Å²) in [6.07, 6.45) is 1.73. The summed E-state index contributed by atoms with van der Waals surface area (Å²) in [5, 5.41) is 3.11. The molecule has 0 saturated carbocycles. The SMILES string of the molecule is CN(CCCNC(=O)[C@H]1Cc2ccccc2CN1C)c1ccccc1. The normalized spacial score (nSPS) is 17.0. The van der Waals surface area contributed by atoms with E-state index in [1.165, 1.54) is 16.8 Å². The molecule has 1 N–H and O–H groups in total. The Morgan fingerprint density at radius 1 is 1.12 bits per heavy atom. The quantitative estimate of drug-likeness (QED) is 0.823. The smallest absolute Gasteiger partial charge is 0.237 e. The zero-order valence-electron chi connectivity index (χ0n) is 15.1. The molecule has 0 spiro atoms. The zero-order valence-corrected chi connectivity index (χ0v) is 15.1. The van der Waals surface area contributed by atoms with E-state index in [1.807, 2.05) is 25.2 Å². The summed E-state index contributed by atoms with van der Waals surface area (Å²) in [6.45, 7) is 2.47. The Morgan fingerprint density at radius 3 is 2.56 bits per heavy atom. The third-order valence-corrected chi connectivity index (χ3v) is 4.95. The minimum atomic E-state index is -0.0678. The molecule has 1 atom stereocenters. The largest absolute Gasteiger partial charge is 0.375 e. The fourth-order valence-electron chi connectivity index (χ4n) is 3.40. The topological polar surface area (TPSA) is 35.6 Å². The molecule has 0 bridgehead atoms. The van der Waals surface area contributed by atoms with Crippen molar-refractivity contribution in [3.8, 4) is 0 Å². The van der Waals surface area contributed by atoms with Gasteiger partial charge in [-0.05, 0) is 43.1 Å². The van der Waals surface area contributed by atoms with Crippen LogP contribution in [0.5, 0.6) is 0 Å². The number of rotatable bonds is 6. The maximum absolute atomic E-state index is 12.6. The van der Waals surface area contributed by atoms with E-state index in [1.54, 1.807) is 0 Å². The standard InChI is InChI=1S/C21H27N3O/c1-23(19-11-4-3-5-12-19)14-8-13-22-21(25)20-15-17-9-6-7-10-18(17)16-24(20)2/h3-7,9-12,20H,8,13-16H2,1-2H3,(H,22,25)/t20-/m1/s1. The lowest BCUT2D eigenvalue weighted by atomic mass is 9.94. The number of nitrogens with zero attached hydrogens (tertiary/aromatic N) is 2. The summed E-state index contributed by atoms with van der Waals surface area (Å²) in [6, 6.07) is 18.7. The maximum Gasteiger partial charge on any atom is 0.237 e. The number of nitrogens with one attached hydrogen (secondary N) is 1. The van der Waals surface area contributed by atoms with Gasteiger partial charge in [0.2, 0.25) is 5.91 Å². The highest BCUT2D eigenvalue weighted by Gasteiger charge is 2.28. The molecule has 4 nitrogen and oxygen atoms in total. The van der Waals surface area contributed by atoms with Gasteiger partial charge in [-0.25, -0.2) is 0 Å². The Hall–Kier alpha value is -2.33. The average Bonchev–Trinajstić information content (AvgIpc) is 2.65. The number of hydrogen-bond acceptors (Lipinski definition) is 3. The summed E-state index contributed by atoms with van der Waals surface area (Å²) < 4.78 is 0. The van der Waals surface area contributed by atoms with Crippen molar-refractivity contribution in [3.63, 3.8) is 0 Å². The number of para-hydroxylation sites is 1. The molecule has 0 saturated heterocycles. The van der Waals surface area contributed by atoms with Gasteiger partial charge in [-0.3, -0.25) is 9.69 Å². The molecule has 4 heteroatoms. The molecule has 2 aromatic carbocycles. The van der Waals surface area contributed by atoms with Crippen molar-refractivity contribution in [3.05, 3.63) is 65.7 Å². The highest BCUT2D eigenvalue weighted by atomic mass is 16.2. The number of carbonyl (C=O) groups is 1. The number of fused-ring (bicyclic) bond motifs is 1. The number of likely N-dealkylation sites (N-methyl/N-ethyl adjacent to an activating group) is 1. The van der Waals surface area contributed by atoms with E-state index >= 15 is 0 Å². The van der Waals surface area contributed by atoms with Crippen LogP contribution in [0.2, 0.25) is 0 Å². The van der Waals surface area contributed by atoms with E-state index in [2.05, 4.69) is 58.6 Å². The van der Waals surface area contributed by atoms with Crippen molar-refractivity contribution in [2.24, 2.45) is 0 Å². The molecule has 1 heterocycles. The van der Waals surface area contributed by atoms with Gasteiger partial charge in [-0.2, -0.15) is 0 Å². The second-order valence-electron chi connectivity index (χ2n) is 6.81. The number of carbonyl (C=O) groups excluding carboxylic acids is 1. The highest BCUT2D eigenvalue weighted by Crippen LogP contribution is 2.21. The van der Waals surface area contributed by atoms with Crippen LogP contribution >= 0.6 is 0 Å². The first-order valence-electron chi connectivity index (χ1n) is 8.96. The molecule has 25 heavy (non-hydrogen) atoms. The molecular weight excluding hydrogens is 310 g/mol. The molecule has 0 fully saturated rings. The van der Waals surface area contributed by atoms with Crippen molar-refractivity contribution in [2.75, 3.05) is 32.1 Å². The average molecular weight is 337 g/mol. The van der Waals surface area contributed by atoms with Crippen LogP contribution in [0.4, 0.5) is 5.69 Å². The van der Waals surface area contributed by atoms with Gasteiger partial charge >= 0.3 is 0 Å². The molecule has 0 unspecified atom stereocenters. The summed E-state index contributed by atoms with van der Waals surface area (Å²) in [7, 11) is 4.12. The van der Waals surface area contributed by atoms with Crippen LogP contribution in [-0.2, 0) is 17.8 Å². The molecule has 1 amide bonds. The Bertz CT molecular complexity index is 701. The number of amides is 1. The molecule has 0 aliphatic carbocycles. The molecular formula is C21H27N3O. The number of hydrogen-bond donors (Lipinski definition) is 1. The van der Waals surface area contributed by atoms with Crippen molar-refractivity contribution < 1.29 is 4.79 Å². The third-order valence-electron chi connectivity index (χ3n) is 4.95. The monoisotopic (exact) mass is 337 g/mol. The van der Waals surface area contributed by atoms with Crippen molar-refractivity contribution >= 4 is 11.6 Å². The van der Waals surface area contributed by atoms with Crippen LogP contribution < -0.4 is 10.2 Å². The highest BCUT2D eigenvalue weighted by molar-refractivity contribution is 5.82. The minimum Gasteiger partial charge on any atom is -0.375 e.